The molecular weight excluding hydrogens is 245 g/mol. The van der Waals surface area contributed by atoms with Crippen LogP contribution in [0.1, 0.15) is 12.8 Å². The zero-order valence-corrected chi connectivity index (χ0v) is 9.48. The van der Waals surface area contributed by atoms with Crippen LogP contribution in [-0.4, -0.2) is 6.54 Å². The van der Waals surface area contributed by atoms with E-state index >= 15 is 0 Å². The number of rotatable bonds is 5. The molecule has 0 unspecified atom stereocenters. The van der Waals surface area contributed by atoms with Gasteiger partial charge in [-0.1, -0.05) is 12.1 Å². The second-order valence-corrected chi connectivity index (χ2v) is 3.81. The normalized spacial score (nSPS) is 9.86. The minimum Gasteiger partial charge on any atom is -0.382 e. The SMILES string of the molecule is C=CCCCNc1c(F)cccc1Br. The highest BCUT2D eigenvalue weighted by Gasteiger charge is 2.04. The first-order valence-electron chi connectivity index (χ1n) is 4.54. The van der Waals surface area contributed by atoms with Crippen molar-refractivity contribution in [3.8, 4) is 0 Å². The Kier molecular flexibility index (Phi) is 4.66. The lowest BCUT2D eigenvalue weighted by molar-refractivity contribution is 0.629. The van der Waals surface area contributed by atoms with Gasteiger partial charge in [0.1, 0.15) is 5.82 Å². The van der Waals surface area contributed by atoms with Gasteiger partial charge in [0.05, 0.1) is 5.69 Å². The molecule has 0 fully saturated rings. The summed E-state index contributed by atoms with van der Waals surface area (Å²) >= 11 is 3.29. The fraction of sp³-hybridized carbons (Fsp3) is 0.273. The first-order chi connectivity index (χ1) is 6.75. The van der Waals surface area contributed by atoms with Gasteiger partial charge in [-0.05, 0) is 40.9 Å². The molecule has 0 aliphatic carbocycles. The number of anilines is 1. The summed E-state index contributed by atoms with van der Waals surface area (Å²) in [6, 6.07) is 4.94. The molecule has 1 nitrogen and oxygen atoms in total. The predicted octanol–water partition coefficient (Wildman–Crippen LogP) is 3.97. The molecule has 1 N–H and O–H groups in total. The van der Waals surface area contributed by atoms with Gasteiger partial charge in [-0.25, -0.2) is 4.39 Å². The standard InChI is InChI=1S/C11H13BrFN/c1-2-3-4-8-14-11-9(12)6-5-7-10(11)13/h2,5-7,14H,1,3-4,8H2. The van der Waals surface area contributed by atoms with E-state index in [4.69, 9.17) is 0 Å². The molecule has 0 bridgehead atoms. The van der Waals surface area contributed by atoms with Crippen molar-refractivity contribution in [3.63, 3.8) is 0 Å². The molecule has 0 saturated heterocycles. The second kappa shape index (κ2) is 5.81. The maximum absolute atomic E-state index is 13.2. The lowest BCUT2D eigenvalue weighted by Gasteiger charge is -2.08. The van der Waals surface area contributed by atoms with E-state index in [2.05, 4.69) is 27.8 Å². The van der Waals surface area contributed by atoms with Crippen LogP contribution in [0.15, 0.2) is 35.3 Å². The van der Waals surface area contributed by atoms with E-state index in [0.717, 1.165) is 23.9 Å². The lowest BCUT2D eigenvalue weighted by atomic mass is 10.2. The number of halogens is 2. The Bertz CT molecular complexity index is 292. The Balaban J connectivity index is 2.53. The summed E-state index contributed by atoms with van der Waals surface area (Å²) in [5.41, 5.74) is 0.538. The lowest BCUT2D eigenvalue weighted by Crippen LogP contribution is -2.03. The first kappa shape index (κ1) is 11.2. The Morgan fingerprint density at radius 2 is 2.29 bits per heavy atom. The maximum Gasteiger partial charge on any atom is 0.147 e. The van der Waals surface area contributed by atoms with Crippen LogP contribution in [-0.2, 0) is 0 Å². The van der Waals surface area contributed by atoms with Crippen LogP contribution in [0.3, 0.4) is 0 Å². The molecule has 1 aromatic carbocycles. The molecule has 14 heavy (non-hydrogen) atoms. The van der Waals surface area contributed by atoms with Gasteiger partial charge < -0.3 is 5.32 Å². The van der Waals surface area contributed by atoms with Crippen molar-refractivity contribution in [1.82, 2.24) is 0 Å². The zero-order valence-electron chi connectivity index (χ0n) is 7.89. The average Bonchev–Trinajstić information content (AvgIpc) is 2.16. The van der Waals surface area contributed by atoms with Crippen molar-refractivity contribution in [2.45, 2.75) is 12.8 Å². The maximum atomic E-state index is 13.2. The predicted molar refractivity (Wildman–Crippen MR) is 62.0 cm³/mol. The van der Waals surface area contributed by atoms with Gasteiger partial charge in [0.15, 0.2) is 0 Å². The molecule has 1 rings (SSSR count). The van der Waals surface area contributed by atoms with Gasteiger partial charge in [0, 0.05) is 11.0 Å². The van der Waals surface area contributed by atoms with Gasteiger partial charge in [-0.15, -0.1) is 6.58 Å². The van der Waals surface area contributed by atoms with Crippen LogP contribution in [0.4, 0.5) is 10.1 Å². The number of nitrogens with one attached hydrogen (secondary N) is 1. The molecular formula is C11H13BrFN. The third kappa shape index (κ3) is 3.14. The largest absolute Gasteiger partial charge is 0.382 e. The Labute approximate surface area is 92.1 Å². The fourth-order valence-corrected chi connectivity index (χ4v) is 1.61. The molecule has 0 spiro atoms. The number of para-hydroxylation sites is 1. The summed E-state index contributed by atoms with van der Waals surface area (Å²) in [6.45, 7) is 4.38. The van der Waals surface area contributed by atoms with Gasteiger partial charge in [-0.2, -0.15) is 0 Å². The molecule has 0 saturated carbocycles. The van der Waals surface area contributed by atoms with Crippen molar-refractivity contribution in [1.29, 1.82) is 0 Å². The number of benzene rings is 1. The van der Waals surface area contributed by atoms with Crippen LogP contribution in [0, 0.1) is 5.82 Å². The van der Waals surface area contributed by atoms with Crippen molar-refractivity contribution in [2.75, 3.05) is 11.9 Å². The van der Waals surface area contributed by atoms with Crippen molar-refractivity contribution < 1.29 is 4.39 Å². The second-order valence-electron chi connectivity index (χ2n) is 2.95. The molecule has 0 aliphatic rings. The van der Waals surface area contributed by atoms with E-state index < -0.39 is 0 Å². The molecule has 3 heteroatoms. The average molecular weight is 258 g/mol. The number of unbranched alkanes of at least 4 members (excludes halogenated alkanes) is 1. The number of hydrogen-bond acceptors (Lipinski definition) is 1. The van der Waals surface area contributed by atoms with Crippen LogP contribution in [0.2, 0.25) is 0 Å². The van der Waals surface area contributed by atoms with E-state index in [-0.39, 0.29) is 5.82 Å². The highest BCUT2D eigenvalue weighted by atomic mass is 79.9. The smallest absolute Gasteiger partial charge is 0.147 e. The highest BCUT2D eigenvalue weighted by Crippen LogP contribution is 2.24. The molecule has 0 aliphatic heterocycles. The topological polar surface area (TPSA) is 12.0 Å². The van der Waals surface area contributed by atoms with Gasteiger partial charge in [0.25, 0.3) is 0 Å². The van der Waals surface area contributed by atoms with Gasteiger partial charge in [0.2, 0.25) is 0 Å². The summed E-state index contributed by atoms with van der Waals surface area (Å²) < 4.78 is 14.0. The molecule has 1 aromatic rings. The molecule has 0 heterocycles. The summed E-state index contributed by atoms with van der Waals surface area (Å²) in [6.07, 6.45) is 3.77. The van der Waals surface area contributed by atoms with E-state index in [1.807, 2.05) is 12.1 Å². The minimum atomic E-state index is -0.224. The summed E-state index contributed by atoms with van der Waals surface area (Å²) in [5, 5.41) is 3.05. The van der Waals surface area contributed by atoms with Crippen molar-refractivity contribution in [2.24, 2.45) is 0 Å². The molecule has 76 valence electrons. The molecule has 0 aromatic heterocycles. The van der Waals surface area contributed by atoms with E-state index in [1.165, 1.54) is 6.07 Å². The highest BCUT2D eigenvalue weighted by molar-refractivity contribution is 9.10. The van der Waals surface area contributed by atoms with E-state index in [0.29, 0.717) is 5.69 Å². The summed E-state index contributed by atoms with van der Waals surface area (Å²) in [4.78, 5) is 0. The summed E-state index contributed by atoms with van der Waals surface area (Å²) in [7, 11) is 0. The van der Waals surface area contributed by atoms with Crippen molar-refractivity contribution >= 4 is 21.6 Å². The van der Waals surface area contributed by atoms with Crippen LogP contribution >= 0.6 is 15.9 Å². The number of allylic oxidation sites excluding steroid dienone is 1. The fourth-order valence-electron chi connectivity index (χ4n) is 1.13. The molecule has 0 radical (unpaired) electrons. The Hall–Kier alpha value is -0.830. The van der Waals surface area contributed by atoms with Crippen LogP contribution in [0.5, 0.6) is 0 Å². The van der Waals surface area contributed by atoms with E-state index in [1.54, 1.807) is 6.07 Å². The first-order valence-corrected chi connectivity index (χ1v) is 5.34. The minimum absolute atomic E-state index is 0.224. The zero-order chi connectivity index (χ0) is 10.4. The van der Waals surface area contributed by atoms with Crippen LogP contribution in [0.25, 0.3) is 0 Å². The van der Waals surface area contributed by atoms with Gasteiger partial charge in [-0.3, -0.25) is 0 Å². The quantitative estimate of drug-likeness (QED) is 0.622. The Morgan fingerprint density at radius 1 is 1.50 bits per heavy atom. The van der Waals surface area contributed by atoms with E-state index in [9.17, 15) is 4.39 Å². The van der Waals surface area contributed by atoms with Crippen LogP contribution < -0.4 is 5.32 Å². The molecule has 0 amide bonds. The molecule has 0 atom stereocenters. The third-order valence-electron chi connectivity index (χ3n) is 1.85. The third-order valence-corrected chi connectivity index (χ3v) is 2.51. The van der Waals surface area contributed by atoms with Crippen molar-refractivity contribution in [3.05, 3.63) is 41.1 Å². The summed E-state index contributed by atoms with van der Waals surface area (Å²) in [5.74, 6) is -0.224. The Morgan fingerprint density at radius 3 is 2.93 bits per heavy atom. The van der Waals surface area contributed by atoms with Gasteiger partial charge >= 0.3 is 0 Å². The monoisotopic (exact) mass is 257 g/mol. The number of hydrogen-bond donors (Lipinski definition) is 1.